The molecular weight excluding hydrogens is 226 g/mol. The van der Waals surface area contributed by atoms with E-state index in [1.54, 1.807) is 12.3 Å². The second kappa shape index (κ2) is 5.77. The molecule has 0 saturated carbocycles. The Kier molecular flexibility index (Phi) is 3.86. The van der Waals surface area contributed by atoms with Crippen LogP contribution in [0.3, 0.4) is 0 Å². The number of aromatic nitrogens is 1. The lowest BCUT2D eigenvalue weighted by Crippen LogP contribution is -2.03. The molecule has 0 unspecified atom stereocenters. The Hall–Kier alpha value is -2.42. The quantitative estimate of drug-likeness (QED) is 0.773. The summed E-state index contributed by atoms with van der Waals surface area (Å²) in [6, 6.07) is 13.0. The van der Waals surface area contributed by atoms with E-state index in [0.29, 0.717) is 5.56 Å². The van der Waals surface area contributed by atoms with E-state index in [1.807, 2.05) is 48.6 Å². The van der Waals surface area contributed by atoms with Crippen molar-refractivity contribution in [1.82, 2.24) is 4.98 Å². The van der Waals surface area contributed by atoms with Gasteiger partial charge in [-0.05, 0) is 29.8 Å². The zero-order chi connectivity index (χ0) is 12.8. The molecule has 1 aromatic heterocycles. The summed E-state index contributed by atoms with van der Waals surface area (Å²) < 4.78 is 4.74. The van der Waals surface area contributed by atoms with Gasteiger partial charge in [-0.1, -0.05) is 30.3 Å². The molecule has 0 aliphatic heterocycles. The van der Waals surface area contributed by atoms with Crippen LogP contribution in [0.2, 0.25) is 0 Å². The van der Waals surface area contributed by atoms with Crippen LogP contribution in [-0.4, -0.2) is 18.1 Å². The van der Waals surface area contributed by atoms with Gasteiger partial charge < -0.3 is 4.74 Å². The smallest absolute Gasteiger partial charge is 0.338 e. The van der Waals surface area contributed by atoms with Gasteiger partial charge in [0, 0.05) is 6.20 Å². The third-order valence-electron chi connectivity index (χ3n) is 2.49. The fraction of sp³-hybridized carbons (Fsp3) is 0.0667. The first kappa shape index (κ1) is 12.0. The van der Waals surface area contributed by atoms with Gasteiger partial charge in [-0.25, -0.2) is 4.79 Å². The lowest BCUT2D eigenvalue weighted by atomic mass is 10.1. The van der Waals surface area contributed by atoms with Crippen molar-refractivity contribution in [2.45, 2.75) is 0 Å². The van der Waals surface area contributed by atoms with Crippen LogP contribution in [0.1, 0.15) is 21.6 Å². The second-order valence-electron chi connectivity index (χ2n) is 3.67. The van der Waals surface area contributed by atoms with Crippen molar-refractivity contribution in [1.29, 1.82) is 0 Å². The van der Waals surface area contributed by atoms with Gasteiger partial charge in [0.05, 0.1) is 18.4 Å². The Morgan fingerprint density at radius 2 is 1.89 bits per heavy atom. The van der Waals surface area contributed by atoms with Gasteiger partial charge in [0.25, 0.3) is 0 Å². The molecule has 0 atom stereocenters. The van der Waals surface area contributed by atoms with E-state index in [9.17, 15) is 4.79 Å². The maximum absolute atomic E-state index is 11.6. The summed E-state index contributed by atoms with van der Waals surface area (Å²) in [7, 11) is 1.38. The van der Waals surface area contributed by atoms with Gasteiger partial charge in [-0.3, -0.25) is 4.98 Å². The predicted molar refractivity (Wildman–Crippen MR) is 70.9 cm³/mol. The molecule has 0 saturated heterocycles. The molecular formula is C15H13NO2. The third-order valence-corrected chi connectivity index (χ3v) is 2.49. The number of hydrogen-bond acceptors (Lipinski definition) is 3. The largest absolute Gasteiger partial charge is 0.465 e. The minimum absolute atomic E-state index is 0.337. The monoisotopic (exact) mass is 239 g/mol. The molecule has 3 heteroatoms. The molecule has 0 aliphatic rings. The maximum atomic E-state index is 11.6. The second-order valence-corrected chi connectivity index (χ2v) is 3.67. The topological polar surface area (TPSA) is 39.2 Å². The number of methoxy groups -OCH3 is 1. The molecule has 0 N–H and O–H groups in total. The molecule has 0 aliphatic carbocycles. The van der Waals surface area contributed by atoms with Crippen molar-refractivity contribution >= 4 is 18.1 Å². The highest BCUT2D eigenvalue weighted by atomic mass is 16.5. The van der Waals surface area contributed by atoms with Crippen LogP contribution < -0.4 is 0 Å². The fourth-order valence-corrected chi connectivity index (χ4v) is 1.59. The zero-order valence-corrected chi connectivity index (χ0v) is 10.0. The van der Waals surface area contributed by atoms with Gasteiger partial charge in [-0.2, -0.15) is 0 Å². The van der Waals surface area contributed by atoms with Crippen molar-refractivity contribution < 1.29 is 9.53 Å². The van der Waals surface area contributed by atoms with Crippen molar-refractivity contribution in [2.24, 2.45) is 0 Å². The van der Waals surface area contributed by atoms with Crippen LogP contribution in [0.25, 0.3) is 12.2 Å². The van der Waals surface area contributed by atoms with Gasteiger partial charge in [0.2, 0.25) is 0 Å². The van der Waals surface area contributed by atoms with E-state index in [-0.39, 0.29) is 5.97 Å². The molecule has 0 bridgehead atoms. The van der Waals surface area contributed by atoms with Crippen LogP contribution in [0, 0.1) is 0 Å². The summed E-state index contributed by atoms with van der Waals surface area (Å²) in [5, 5.41) is 0. The maximum Gasteiger partial charge on any atom is 0.338 e. The minimum atomic E-state index is -0.337. The minimum Gasteiger partial charge on any atom is -0.465 e. The first-order valence-electron chi connectivity index (χ1n) is 5.58. The number of carbonyl (C=O) groups excluding carboxylic acids is 1. The molecule has 18 heavy (non-hydrogen) atoms. The van der Waals surface area contributed by atoms with Crippen molar-refractivity contribution in [2.75, 3.05) is 7.11 Å². The van der Waals surface area contributed by atoms with Gasteiger partial charge in [0.15, 0.2) is 0 Å². The Bertz CT molecular complexity index is 562. The number of rotatable bonds is 3. The highest BCUT2D eigenvalue weighted by Crippen LogP contribution is 2.13. The van der Waals surface area contributed by atoms with E-state index < -0.39 is 0 Å². The molecule has 0 fully saturated rings. The molecule has 0 spiro atoms. The summed E-state index contributed by atoms with van der Waals surface area (Å²) in [6.45, 7) is 0. The normalized spacial score (nSPS) is 10.5. The molecule has 1 heterocycles. The van der Waals surface area contributed by atoms with Crippen molar-refractivity contribution in [3.05, 3.63) is 65.5 Å². The van der Waals surface area contributed by atoms with Gasteiger partial charge in [0.1, 0.15) is 0 Å². The summed E-state index contributed by atoms with van der Waals surface area (Å²) in [4.78, 5) is 15.8. The molecule has 2 aromatic rings. The third kappa shape index (κ3) is 2.83. The van der Waals surface area contributed by atoms with Crippen LogP contribution in [0.4, 0.5) is 0 Å². The summed E-state index contributed by atoms with van der Waals surface area (Å²) in [5.74, 6) is -0.337. The van der Waals surface area contributed by atoms with Crippen LogP contribution in [0.15, 0.2) is 48.7 Å². The summed E-state index contributed by atoms with van der Waals surface area (Å²) in [6.07, 6.45) is 5.45. The number of esters is 1. The number of benzene rings is 1. The van der Waals surface area contributed by atoms with Gasteiger partial charge >= 0.3 is 5.97 Å². The van der Waals surface area contributed by atoms with Crippen molar-refractivity contribution in [3.8, 4) is 0 Å². The summed E-state index contributed by atoms with van der Waals surface area (Å²) >= 11 is 0. The summed E-state index contributed by atoms with van der Waals surface area (Å²) in [5.41, 5.74) is 2.21. The predicted octanol–water partition coefficient (Wildman–Crippen LogP) is 3.04. The molecule has 2 rings (SSSR count). The number of hydrogen-bond donors (Lipinski definition) is 0. The van der Waals surface area contributed by atoms with Crippen LogP contribution in [0.5, 0.6) is 0 Å². The standard InChI is InChI=1S/C15H13NO2/c1-18-15(17)14-8-3-2-6-12(14)9-10-13-7-4-5-11-16-13/h2-11H,1H3/b10-9+. The fourth-order valence-electron chi connectivity index (χ4n) is 1.59. The number of nitrogens with zero attached hydrogens (tertiary/aromatic N) is 1. The molecule has 3 nitrogen and oxygen atoms in total. The average Bonchev–Trinajstić information content (AvgIpc) is 2.45. The lowest BCUT2D eigenvalue weighted by molar-refractivity contribution is 0.0600. The van der Waals surface area contributed by atoms with Crippen LogP contribution in [-0.2, 0) is 4.74 Å². The molecule has 1 aromatic carbocycles. The first-order valence-corrected chi connectivity index (χ1v) is 5.58. The SMILES string of the molecule is COC(=O)c1ccccc1/C=C/c1ccccn1. The highest BCUT2D eigenvalue weighted by Gasteiger charge is 2.08. The van der Waals surface area contributed by atoms with E-state index in [2.05, 4.69) is 4.98 Å². The average molecular weight is 239 g/mol. The number of pyridine rings is 1. The molecule has 0 amide bonds. The Morgan fingerprint density at radius 1 is 1.11 bits per heavy atom. The highest BCUT2D eigenvalue weighted by molar-refractivity contribution is 5.94. The van der Waals surface area contributed by atoms with E-state index in [0.717, 1.165) is 11.3 Å². The number of ether oxygens (including phenoxy) is 1. The lowest BCUT2D eigenvalue weighted by Gasteiger charge is -2.03. The van der Waals surface area contributed by atoms with E-state index >= 15 is 0 Å². The Labute approximate surface area is 106 Å². The Morgan fingerprint density at radius 3 is 2.61 bits per heavy atom. The Balaban J connectivity index is 2.29. The van der Waals surface area contributed by atoms with E-state index in [4.69, 9.17) is 4.74 Å². The first-order chi connectivity index (χ1) is 8.81. The molecule has 90 valence electrons. The number of carbonyl (C=O) groups is 1. The van der Waals surface area contributed by atoms with Crippen molar-refractivity contribution in [3.63, 3.8) is 0 Å². The zero-order valence-electron chi connectivity index (χ0n) is 10.0. The molecule has 0 radical (unpaired) electrons. The van der Waals surface area contributed by atoms with E-state index in [1.165, 1.54) is 7.11 Å². The van der Waals surface area contributed by atoms with Crippen LogP contribution >= 0.6 is 0 Å². The van der Waals surface area contributed by atoms with Gasteiger partial charge in [-0.15, -0.1) is 0 Å².